The lowest BCUT2D eigenvalue weighted by molar-refractivity contribution is 0.439. The molecule has 0 aliphatic heterocycles. The van der Waals surface area contributed by atoms with Gasteiger partial charge in [0.05, 0.1) is 5.56 Å². The Morgan fingerprint density at radius 1 is 0.950 bits per heavy atom. The third-order valence-electron chi connectivity index (χ3n) is 2.82. The van der Waals surface area contributed by atoms with Crippen molar-refractivity contribution in [1.82, 2.24) is 10.1 Å². The van der Waals surface area contributed by atoms with Crippen LogP contribution in [0.1, 0.15) is 0 Å². The Kier molecular flexibility index (Phi) is 2.90. The normalized spacial score (nSPS) is 10.7. The second-order valence-electron chi connectivity index (χ2n) is 4.16. The van der Waals surface area contributed by atoms with E-state index in [1.54, 1.807) is 24.5 Å². The second kappa shape index (κ2) is 4.73. The standard InChI is InChI=1S/C14H9F2N3O/c15-10-5-9(6-11(16)7-10)13-12(14(17)20-19-13)8-1-3-18-4-2-8/h1-7H,17H2. The van der Waals surface area contributed by atoms with Gasteiger partial charge in [0, 0.05) is 24.0 Å². The number of pyridine rings is 1. The van der Waals surface area contributed by atoms with E-state index in [2.05, 4.69) is 10.1 Å². The van der Waals surface area contributed by atoms with Crippen molar-refractivity contribution in [3.63, 3.8) is 0 Å². The molecule has 0 aliphatic carbocycles. The van der Waals surface area contributed by atoms with E-state index in [4.69, 9.17) is 10.3 Å². The van der Waals surface area contributed by atoms with Crippen molar-refractivity contribution in [2.75, 3.05) is 5.73 Å². The fourth-order valence-corrected chi connectivity index (χ4v) is 1.99. The number of anilines is 1. The quantitative estimate of drug-likeness (QED) is 0.778. The topological polar surface area (TPSA) is 64.9 Å². The summed E-state index contributed by atoms with van der Waals surface area (Å²) in [6.45, 7) is 0. The number of halogens is 2. The van der Waals surface area contributed by atoms with Crippen molar-refractivity contribution >= 4 is 5.88 Å². The number of hydrogen-bond acceptors (Lipinski definition) is 4. The predicted octanol–water partition coefficient (Wildman–Crippen LogP) is 3.26. The van der Waals surface area contributed by atoms with Gasteiger partial charge >= 0.3 is 0 Å². The van der Waals surface area contributed by atoms with Crippen LogP contribution < -0.4 is 5.73 Å². The second-order valence-corrected chi connectivity index (χ2v) is 4.16. The van der Waals surface area contributed by atoms with Crippen LogP contribution in [-0.4, -0.2) is 10.1 Å². The van der Waals surface area contributed by atoms with Gasteiger partial charge in [-0.3, -0.25) is 4.98 Å². The highest BCUT2D eigenvalue weighted by Gasteiger charge is 2.18. The van der Waals surface area contributed by atoms with Crippen molar-refractivity contribution in [2.45, 2.75) is 0 Å². The van der Waals surface area contributed by atoms with Crippen molar-refractivity contribution in [1.29, 1.82) is 0 Å². The number of hydrogen-bond donors (Lipinski definition) is 1. The summed E-state index contributed by atoms with van der Waals surface area (Å²) in [5.41, 5.74) is 7.48. The van der Waals surface area contributed by atoms with E-state index in [-0.39, 0.29) is 17.1 Å². The van der Waals surface area contributed by atoms with Gasteiger partial charge in [0.1, 0.15) is 17.3 Å². The molecule has 3 rings (SSSR count). The molecule has 2 N–H and O–H groups in total. The van der Waals surface area contributed by atoms with E-state index in [1.165, 1.54) is 12.1 Å². The monoisotopic (exact) mass is 273 g/mol. The fraction of sp³-hybridized carbons (Fsp3) is 0. The minimum atomic E-state index is -0.692. The van der Waals surface area contributed by atoms with Crippen molar-refractivity contribution in [3.05, 3.63) is 54.4 Å². The molecule has 0 aliphatic rings. The average Bonchev–Trinajstić information content (AvgIpc) is 2.80. The third kappa shape index (κ3) is 2.11. The minimum Gasteiger partial charge on any atom is -0.367 e. The molecule has 20 heavy (non-hydrogen) atoms. The molecule has 1 aromatic carbocycles. The zero-order valence-corrected chi connectivity index (χ0v) is 10.2. The molecule has 3 aromatic rings. The first-order valence-corrected chi connectivity index (χ1v) is 5.77. The first-order chi connectivity index (χ1) is 9.65. The molecule has 0 bridgehead atoms. The van der Waals surface area contributed by atoms with Gasteiger partial charge in [-0.25, -0.2) is 8.78 Å². The minimum absolute atomic E-state index is 0.0795. The van der Waals surface area contributed by atoms with Crippen molar-refractivity contribution in [3.8, 4) is 22.4 Å². The third-order valence-corrected chi connectivity index (χ3v) is 2.82. The summed E-state index contributed by atoms with van der Waals surface area (Å²) in [5.74, 6) is -1.31. The molecule has 0 atom stereocenters. The molecular formula is C14H9F2N3O. The Hall–Kier alpha value is -2.76. The Bertz CT molecular complexity index is 736. The van der Waals surface area contributed by atoms with Crippen LogP contribution in [-0.2, 0) is 0 Å². The van der Waals surface area contributed by atoms with Crippen LogP contribution in [0.15, 0.2) is 47.2 Å². The van der Waals surface area contributed by atoms with Crippen LogP contribution in [0.25, 0.3) is 22.4 Å². The van der Waals surface area contributed by atoms with Crippen LogP contribution in [0.2, 0.25) is 0 Å². The van der Waals surface area contributed by atoms with Gasteiger partial charge < -0.3 is 10.3 Å². The molecule has 0 fully saturated rings. The molecule has 6 heteroatoms. The van der Waals surface area contributed by atoms with E-state index in [9.17, 15) is 8.78 Å². The van der Waals surface area contributed by atoms with E-state index >= 15 is 0 Å². The van der Waals surface area contributed by atoms with Crippen molar-refractivity contribution < 1.29 is 13.3 Å². The Labute approximate surface area is 112 Å². The summed E-state index contributed by atoms with van der Waals surface area (Å²) < 4.78 is 31.6. The molecule has 0 amide bonds. The van der Waals surface area contributed by atoms with Crippen LogP contribution in [0, 0.1) is 11.6 Å². The first-order valence-electron chi connectivity index (χ1n) is 5.77. The molecule has 0 spiro atoms. The number of aromatic nitrogens is 2. The lowest BCUT2D eigenvalue weighted by atomic mass is 10.0. The lowest BCUT2D eigenvalue weighted by Gasteiger charge is -2.03. The number of nitrogens with two attached hydrogens (primary N) is 1. The molecule has 0 saturated heterocycles. The van der Waals surface area contributed by atoms with Crippen LogP contribution in [0.4, 0.5) is 14.7 Å². The SMILES string of the molecule is Nc1onc(-c2cc(F)cc(F)c2)c1-c1ccncc1. The Balaban J connectivity index is 2.21. The average molecular weight is 273 g/mol. The smallest absolute Gasteiger partial charge is 0.230 e. The highest BCUT2D eigenvalue weighted by Crippen LogP contribution is 2.36. The summed E-state index contributed by atoms with van der Waals surface area (Å²) in [4.78, 5) is 3.90. The number of benzene rings is 1. The number of nitrogen functional groups attached to an aromatic ring is 1. The van der Waals surface area contributed by atoms with Gasteiger partial charge in [0.15, 0.2) is 0 Å². The van der Waals surface area contributed by atoms with E-state index in [0.717, 1.165) is 6.07 Å². The zero-order valence-electron chi connectivity index (χ0n) is 10.2. The summed E-state index contributed by atoms with van der Waals surface area (Å²) >= 11 is 0. The van der Waals surface area contributed by atoms with E-state index in [0.29, 0.717) is 11.1 Å². The molecule has 0 unspecified atom stereocenters. The van der Waals surface area contributed by atoms with Crippen LogP contribution in [0.5, 0.6) is 0 Å². The maximum atomic E-state index is 13.3. The molecule has 2 heterocycles. The highest BCUT2D eigenvalue weighted by atomic mass is 19.1. The highest BCUT2D eigenvalue weighted by molar-refractivity contribution is 5.86. The van der Waals surface area contributed by atoms with Crippen LogP contribution >= 0.6 is 0 Å². The molecule has 2 aromatic heterocycles. The van der Waals surface area contributed by atoms with Gasteiger partial charge in [0.2, 0.25) is 5.88 Å². The Morgan fingerprint density at radius 3 is 2.25 bits per heavy atom. The van der Waals surface area contributed by atoms with E-state index < -0.39 is 11.6 Å². The molecule has 100 valence electrons. The van der Waals surface area contributed by atoms with Gasteiger partial charge in [-0.05, 0) is 29.8 Å². The summed E-state index contributed by atoms with van der Waals surface area (Å²) in [5, 5.41) is 3.79. The van der Waals surface area contributed by atoms with Gasteiger partial charge in [-0.15, -0.1) is 0 Å². The van der Waals surface area contributed by atoms with Gasteiger partial charge in [-0.1, -0.05) is 5.16 Å². The lowest BCUT2D eigenvalue weighted by Crippen LogP contribution is -1.89. The summed E-state index contributed by atoms with van der Waals surface area (Å²) in [6.07, 6.45) is 3.16. The number of nitrogens with zero attached hydrogens (tertiary/aromatic N) is 2. The largest absolute Gasteiger partial charge is 0.367 e. The number of rotatable bonds is 2. The van der Waals surface area contributed by atoms with Gasteiger partial charge in [-0.2, -0.15) is 0 Å². The molecule has 4 nitrogen and oxygen atoms in total. The molecular weight excluding hydrogens is 264 g/mol. The maximum Gasteiger partial charge on any atom is 0.230 e. The van der Waals surface area contributed by atoms with Crippen molar-refractivity contribution in [2.24, 2.45) is 0 Å². The van der Waals surface area contributed by atoms with E-state index in [1.807, 2.05) is 0 Å². The summed E-state index contributed by atoms with van der Waals surface area (Å²) in [6, 6.07) is 6.55. The predicted molar refractivity (Wildman–Crippen MR) is 69.5 cm³/mol. The molecule has 0 radical (unpaired) electrons. The first kappa shape index (κ1) is 12.3. The summed E-state index contributed by atoms with van der Waals surface area (Å²) in [7, 11) is 0. The molecule has 0 saturated carbocycles. The van der Waals surface area contributed by atoms with Gasteiger partial charge in [0.25, 0.3) is 0 Å². The Morgan fingerprint density at radius 2 is 1.60 bits per heavy atom. The van der Waals surface area contributed by atoms with Crippen LogP contribution in [0.3, 0.4) is 0 Å². The maximum absolute atomic E-state index is 13.3. The fourth-order valence-electron chi connectivity index (χ4n) is 1.99. The zero-order chi connectivity index (χ0) is 14.1.